The lowest BCUT2D eigenvalue weighted by atomic mass is 10.1. The molecule has 1 aliphatic rings. The molecule has 102 valence electrons. The number of rotatable bonds is 6. The van der Waals surface area contributed by atoms with Gasteiger partial charge < -0.3 is 10.2 Å². The predicted molar refractivity (Wildman–Crippen MR) is 79.4 cm³/mol. The maximum absolute atomic E-state index is 4.54. The molecular formula is C14H25N3S. The second kappa shape index (κ2) is 7.10. The van der Waals surface area contributed by atoms with Gasteiger partial charge in [-0.2, -0.15) is 0 Å². The third-order valence-electron chi connectivity index (χ3n) is 3.53. The lowest BCUT2D eigenvalue weighted by molar-refractivity contribution is 0.204. The Bertz CT molecular complexity index is 345. The minimum atomic E-state index is 0.692. The molecule has 1 saturated heterocycles. The van der Waals surface area contributed by atoms with Crippen molar-refractivity contribution < 1.29 is 0 Å². The van der Waals surface area contributed by atoms with Gasteiger partial charge in [0, 0.05) is 18.5 Å². The molecule has 0 bridgehead atoms. The smallest absolute Gasteiger partial charge is 0.182 e. The second-order valence-electron chi connectivity index (χ2n) is 5.34. The quantitative estimate of drug-likeness (QED) is 0.857. The van der Waals surface area contributed by atoms with Crippen LogP contribution in [0.3, 0.4) is 0 Å². The molecule has 0 spiro atoms. The van der Waals surface area contributed by atoms with E-state index in [1.165, 1.54) is 44.6 Å². The average molecular weight is 267 g/mol. The van der Waals surface area contributed by atoms with Gasteiger partial charge in [0.1, 0.15) is 0 Å². The fourth-order valence-electron chi connectivity index (χ4n) is 2.46. The molecule has 1 atom stereocenters. The Balaban J connectivity index is 1.68. The zero-order chi connectivity index (χ0) is 12.8. The number of aryl methyl sites for hydroxylation is 1. The Kier molecular flexibility index (Phi) is 5.45. The molecule has 0 saturated carbocycles. The number of likely N-dealkylation sites (tertiary alicyclic amines) is 1. The highest BCUT2D eigenvalue weighted by Gasteiger charge is 2.13. The summed E-state index contributed by atoms with van der Waals surface area (Å²) in [7, 11) is 0. The largest absolute Gasteiger partial charge is 0.361 e. The van der Waals surface area contributed by atoms with E-state index in [4.69, 9.17) is 0 Å². The van der Waals surface area contributed by atoms with Crippen molar-refractivity contribution in [3.05, 3.63) is 11.1 Å². The first-order chi connectivity index (χ1) is 8.78. The fraction of sp³-hybridized carbons (Fsp3) is 0.786. The molecule has 1 fully saturated rings. The lowest BCUT2D eigenvalue weighted by Gasteiger charge is -2.29. The minimum absolute atomic E-state index is 0.692. The van der Waals surface area contributed by atoms with Crippen molar-refractivity contribution in [2.24, 2.45) is 5.92 Å². The highest BCUT2D eigenvalue weighted by Crippen LogP contribution is 2.16. The van der Waals surface area contributed by atoms with E-state index in [-0.39, 0.29) is 0 Å². The highest BCUT2D eigenvalue weighted by atomic mass is 32.1. The maximum Gasteiger partial charge on any atom is 0.182 e. The summed E-state index contributed by atoms with van der Waals surface area (Å²) in [6.45, 7) is 9.32. The molecule has 4 heteroatoms. The average Bonchev–Trinajstić information content (AvgIpc) is 2.85. The van der Waals surface area contributed by atoms with Gasteiger partial charge in [0.2, 0.25) is 0 Å². The van der Waals surface area contributed by atoms with Gasteiger partial charge in [-0.05, 0) is 38.3 Å². The topological polar surface area (TPSA) is 28.2 Å². The first-order valence-corrected chi connectivity index (χ1v) is 8.06. The van der Waals surface area contributed by atoms with Gasteiger partial charge in [-0.1, -0.05) is 20.3 Å². The number of hydrogen-bond donors (Lipinski definition) is 1. The van der Waals surface area contributed by atoms with Gasteiger partial charge in [-0.25, -0.2) is 4.98 Å². The molecule has 0 aliphatic carbocycles. The zero-order valence-corrected chi connectivity index (χ0v) is 12.4. The SMILES string of the molecule is CCc1csc(NCC(C)CN2CCCCC2)n1. The number of aromatic nitrogens is 1. The lowest BCUT2D eigenvalue weighted by Crippen LogP contribution is -2.35. The van der Waals surface area contributed by atoms with Crippen molar-refractivity contribution >= 4 is 16.5 Å². The summed E-state index contributed by atoms with van der Waals surface area (Å²) >= 11 is 1.73. The Labute approximate surface area is 115 Å². The summed E-state index contributed by atoms with van der Waals surface area (Å²) in [4.78, 5) is 7.15. The van der Waals surface area contributed by atoms with Gasteiger partial charge >= 0.3 is 0 Å². The van der Waals surface area contributed by atoms with Crippen molar-refractivity contribution in [3.63, 3.8) is 0 Å². The molecule has 1 aliphatic heterocycles. The van der Waals surface area contributed by atoms with E-state index in [0.717, 1.165) is 18.1 Å². The van der Waals surface area contributed by atoms with Crippen LogP contribution in [-0.2, 0) is 6.42 Å². The number of nitrogens with zero attached hydrogens (tertiary/aromatic N) is 2. The summed E-state index contributed by atoms with van der Waals surface area (Å²) in [5.41, 5.74) is 1.20. The Morgan fingerprint density at radius 2 is 2.17 bits per heavy atom. The summed E-state index contributed by atoms with van der Waals surface area (Å²) < 4.78 is 0. The number of piperidine rings is 1. The van der Waals surface area contributed by atoms with E-state index < -0.39 is 0 Å². The third kappa shape index (κ3) is 4.25. The Morgan fingerprint density at radius 1 is 1.39 bits per heavy atom. The van der Waals surface area contributed by atoms with Gasteiger partial charge in [0.05, 0.1) is 5.69 Å². The van der Waals surface area contributed by atoms with Crippen LogP contribution in [0, 0.1) is 5.92 Å². The zero-order valence-electron chi connectivity index (χ0n) is 11.6. The van der Waals surface area contributed by atoms with Crippen molar-refractivity contribution in [1.29, 1.82) is 0 Å². The normalized spacial score (nSPS) is 18.8. The molecule has 18 heavy (non-hydrogen) atoms. The fourth-order valence-corrected chi connectivity index (χ4v) is 3.26. The van der Waals surface area contributed by atoms with E-state index in [1.807, 2.05) is 0 Å². The first kappa shape index (κ1) is 13.8. The summed E-state index contributed by atoms with van der Waals surface area (Å²) in [5, 5.41) is 6.70. The Hall–Kier alpha value is -0.610. The maximum atomic E-state index is 4.54. The molecular weight excluding hydrogens is 242 g/mol. The Morgan fingerprint density at radius 3 is 2.83 bits per heavy atom. The summed E-state index contributed by atoms with van der Waals surface area (Å²) in [6, 6.07) is 0. The van der Waals surface area contributed by atoms with Gasteiger partial charge in [0.25, 0.3) is 0 Å². The number of thiazole rings is 1. The van der Waals surface area contributed by atoms with Crippen LogP contribution in [-0.4, -0.2) is 36.1 Å². The van der Waals surface area contributed by atoms with Crippen molar-refractivity contribution in [2.45, 2.75) is 39.5 Å². The van der Waals surface area contributed by atoms with E-state index in [9.17, 15) is 0 Å². The van der Waals surface area contributed by atoms with Gasteiger partial charge in [-0.3, -0.25) is 0 Å². The highest BCUT2D eigenvalue weighted by molar-refractivity contribution is 7.13. The molecule has 1 aromatic rings. The monoisotopic (exact) mass is 267 g/mol. The predicted octanol–water partition coefficient (Wildman–Crippen LogP) is 3.24. The minimum Gasteiger partial charge on any atom is -0.361 e. The molecule has 0 aromatic carbocycles. The molecule has 3 nitrogen and oxygen atoms in total. The number of anilines is 1. The number of hydrogen-bond acceptors (Lipinski definition) is 4. The van der Waals surface area contributed by atoms with Crippen LogP contribution in [0.2, 0.25) is 0 Å². The second-order valence-corrected chi connectivity index (χ2v) is 6.20. The molecule has 0 radical (unpaired) electrons. The number of nitrogens with one attached hydrogen (secondary N) is 1. The summed E-state index contributed by atoms with van der Waals surface area (Å²) in [5.74, 6) is 0.692. The molecule has 1 unspecified atom stereocenters. The van der Waals surface area contributed by atoms with E-state index >= 15 is 0 Å². The summed E-state index contributed by atoms with van der Waals surface area (Å²) in [6.07, 6.45) is 5.21. The van der Waals surface area contributed by atoms with E-state index in [1.54, 1.807) is 11.3 Å². The van der Waals surface area contributed by atoms with Crippen molar-refractivity contribution in [2.75, 3.05) is 31.5 Å². The van der Waals surface area contributed by atoms with Gasteiger partial charge in [-0.15, -0.1) is 11.3 Å². The molecule has 1 aromatic heterocycles. The van der Waals surface area contributed by atoms with Crippen LogP contribution in [0.5, 0.6) is 0 Å². The first-order valence-electron chi connectivity index (χ1n) is 7.18. The standard InChI is InChI=1S/C14H25N3S/c1-3-13-11-18-14(16-13)15-9-12(2)10-17-7-5-4-6-8-17/h11-12H,3-10H2,1-2H3,(H,15,16). The van der Waals surface area contributed by atoms with Crippen LogP contribution >= 0.6 is 11.3 Å². The van der Waals surface area contributed by atoms with Crippen molar-refractivity contribution in [1.82, 2.24) is 9.88 Å². The molecule has 0 amide bonds. The van der Waals surface area contributed by atoms with Crippen LogP contribution in [0.1, 0.15) is 38.8 Å². The molecule has 1 N–H and O–H groups in total. The van der Waals surface area contributed by atoms with Crippen LogP contribution in [0.4, 0.5) is 5.13 Å². The van der Waals surface area contributed by atoms with E-state index in [0.29, 0.717) is 5.92 Å². The molecule has 2 heterocycles. The molecule has 2 rings (SSSR count). The van der Waals surface area contributed by atoms with Gasteiger partial charge in [0.15, 0.2) is 5.13 Å². The van der Waals surface area contributed by atoms with Crippen LogP contribution in [0.15, 0.2) is 5.38 Å². The third-order valence-corrected chi connectivity index (χ3v) is 4.38. The van der Waals surface area contributed by atoms with Crippen LogP contribution in [0.25, 0.3) is 0 Å². The van der Waals surface area contributed by atoms with E-state index in [2.05, 4.69) is 34.4 Å². The van der Waals surface area contributed by atoms with Crippen LogP contribution < -0.4 is 5.32 Å². The van der Waals surface area contributed by atoms with Crippen molar-refractivity contribution in [3.8, 4) is 0 Å².